The summed E-state index contributed by atoms with van der Waals surface area (Å²) in [5, 5.41) is 19.7. The molecular weight excluding hydrogens is 597 g/mol. The molecule has 49 heavy (non-hydrogen) atoms. The van der Waals surface area contributed by atoms with Crippen molar-refractivity contribution in [2.75, 3.05) is 0 Å². The second-order valence-corrected chi connectivity index (χ2v) is 12.5. The largest absolute Gasteiger partial charge is 0.264 e. The van der Waals surface area contributed by atoms with Gasteiger partial charge in [0.1, 0.15) is 11.0 Å². The maximum Gasteiger partial charge on any atom is 0.114 e. The predicted octanol–water partition coefficient (Wildman–Crippen LogP) is 11.4. The van der Waals surface area contributed by atoms with Gasteiger partial charge in [-0.25, -0.2) is 0 Å². The van der Waals surface area contributed by atoms with Gasteiger partial charge < -0.3 is 0 Å². The summed E-state index contributed by atoms with van der Waals surface area (Å²) < 4.78 is 0. The maximum absolute atomic E-state index is 5.07. The van der Waals surface area contributed by atoms with Crippen molar-refractivity contribution in [1.82, 2.24) is 20.0 Å². The van der Waals surface area contributed by atoms with Crippen molar-refractivity contribution in [3.05, 3.63) is 170 Å². The van der Waals surface area contributed by atoms with E-state index in [1.54, 1.807) is 11.0 Å². The molecule has 0 amide bonds. The van der Waals surface area contributed by atoms with Gasteiger partial charge in [0.05, 0.1) is 5.69 Å². The number of rotatable bonds is 4. The Hall–Kier alpha value is -6.65. The van der Waals surface area contributed by atoms with E-state index in [2.05, 4.69) is 157 Å². The number of hydrogen-bond acceptors (Lipinski definition) is 3. The third-order valence-electron chi connectivity index (χ3n) is 9.75. The number of aromatic nitrogens is 4. The molecule has 10 aromatic rings. The molecule has 228 valence electrons. The third-order valence-corrected chi connectivity index (χ3v) is 9.75. The van der Waals surface area contributed by atoms with Gasteiger partial charge in [0, 0.05) is 23.3 Å². The summed E-state index contributed by atoms with van der Waals surface area (Å²) in [7, 11) is 0. The monoisotopic (exact) mass is 624 g/mol. The third kappa shape index (κ3) is 4.35. The molecule has 0 saturated heterocycles. The van der Waals surface area contributed by atoms with Gasteiger partial charge >= 0.3 is 0 Å². The highest BCUT2D eigenvalue weighted by Gasteiger charge is 2.19. The molecule has 2 aromatic heterocycles. The van der Waals surface area contributed by atoms with E-state index < -0.39 is 0 Å². The van der Waals surface area contributed by atoms with E-state index in [4.69, 9.17) is 10.2 Å². The topological polar surface area (TPSA) is 43.6 Å². The minimum Gasteiger partial charge on any atom is -0.264 e. The molecule has 0 fully saturated rings. The Morgan fingerprint density at radius 3 is 1.76 bits per heavy atom. The van der Waals surface area contributed by atoms with Crippen LogP contribution in [0.15, 0.2) is 170 Å². The van der Waals surface area contributed by atoms with Crippen LogP contribution in [0.3, 0.4) is 0 Å². The average Bonchev–Trinajstić information content (AvgIpc) is 3.60. The Morgan fingerprint density at radius 1 is 0.388 bits per heavy atom. The number of pyridine rings is 1. The van der Waals surface area contributed by atoms with E-state index in [0.29, 0.717) is 0 Å². The highest BCUT2D eigenvalue weighted by Crippen LogP contribution is 2.45. The summed E-state index contributed by atoms with van der Waals surface area (Å²) in [6.45, 7) is 0. The molecule has 0 aliphatic carbocycles. The van der Waals surface area contributed by atoms with Gasteiger partial charge in [-0.05, 0) is 89.8 Å². The average molecular weight is 625 g/mol. The normalized spacial score (nSPS) is 11.7. The Kier molecular flexibility index (Phi) is 6.15. The predicted molar refractivity (Wildman–Crippen MR) is 203 cm³/mol. The van der Waals surface area contributed by atoms with Crippen molar-refractivity contribution in [3.63, 3.8) is 0 Å². The minimum atomic E-state index is 0.851. The zero-order valence-electron chi connectivity index (χ0n) is 26.5. The molecule has 0 atom stereocenters. The Balaban J connectivity index is 1.17. The molecule has 2 heterocycles. The van der Waals surface area contributed by atoms with E-state index in [-0.39, 0.29) is 0 Å². The van der Waals surface area contributed by atoms with Crippen molar-refractivity contribution in [3.8, 4) is 39.1 Å². The van der Waals surface area contributed by atoms with Crippen LogP contribution in [0, 0.1) is 0 Å². The van der Waals surface area contributed by atoms with Gasteiger partial charge in [-0.15, -0.1) is 15.0 Å². The molecule has 10 rings (SSSR count). The molecule has 0 unspecified atom stereocenters. The molecule has 0 aliphatic heterocycles. The quantitative estimate of drug-likeness (QED) is 0.183. The minimum absolute atomic E-state index is 0.851. The summed E-state index contributed by atoms with van der Waals surface area (Å²) in [5.74, 6) is 0. The zero-order chi connectivity index (χ0) is 32.3. The van der Waals surface area contributed by atoms with Crippen LogP contribution in [0.4, 0.5) is 0 Å². The Morgan fingerprint density at radius 2 is 1.02 bits per heavy atom. The summed E-state index contributed by atoms with van der Waals surface area (Å²) in [4.78, 5) is 6.13. The number of benzene rings is 8. The van der Waals surface area contributed by atoms with Gasteiger partial charge in [-0.1, -0.05) is 133 Å². The van der Waals surface area contributed by atoms with Crippen LogP contribution in [0.2, 0.25) is 0 Å². The van der Waals surface area contributed by atoms with Gasteiger partial charge in [0.15, 0.2) is 0 Å². The SMILES string of the molecule is c1cncc(-c2ccc(-n3nc4ccc(-c5c6ccccc6c(-c6cccc7ccccc67)c6ccccc56)cc4n3)c3ccccc23)c1. The zero-order valence-corrected chi connectivity index (χ0v) is 26.5. The maximum atomic E-state index is 5.07. The van der Waals surface area contributed by atoms with Gasteiger partial charge in [-0.2, -0.15) is 0 Å². The fraction of sp³-hybridized carbons (Fsp3) is 0. The van der Waals surface area contributed by atoms with Crippen LogP contribution < -0.4 is 0 Å². The summed E-state index contributed by atoms with van der Waals surface area (Å²) in [6, 6.07) is 56.1. The molecule has 0 spiro atoms. The van der Waals surface area contributed by atoms with E-state index >= 15 is 0 Å². The van der Waals surface area contributed by atoms with Gasteiger partial charge in [0.25, 0.3) is 0 Å². The molecule has 8 aromatic carbocycles. The van der Waals surface area contributed by atoms with Crippen LogP contribution in [-0.4, -0.2) is 20.0 Å². The highest BCUT2D eigenvalue weighted by molar-refractivity contribution is 6.23. The molecule has 4 heteroatoms. The summed E-state index contributed by atoms with van der Waals surface area (Å²) in [6.07, 6.45) is 3.71. The first-order valence-corrected chi connectivity index (χ1v) is 16.5. The van der Waals surface area contributed by atoms with E-state index in [0.717, 1.165) is 44.2 Å². The first-order valence-electron chi connectivity index (χ1n) is 16.5. The Labute approximate surface area is 282 Å². The molecule has 0 N–H and O–H groups in total. The standard InChI is InChI=1S/C45H28N4/c1-2-14-32-29(11-1)12-9-21-36(32)45-39-19-7-5-17-37(39)44(38-18-6-8-20-40(38)45)30-22-24-41-42(27-30)48-49(47-41)43-25-23-33(31-13-10-26-46-28-31)34-15-3-4-16-35(34)43/h1-28H. The van der Waals surface area contributed by atoms with Crippen LogP contribution in [0.1, 0.15) is 0 Å². The second kappa shape index (κ2) is 11.0. The van der Waals surface area contributed by atoms with Crippen molar-refractivity contribution in [1.29, 1.82) is 0 Å². The highest BCUT2D eigenvalue weighted by atomic mass is 15.5. The summed E-state index contributed by atoms with van der Waals surface area (Å²) in [5.41, 5.74) is 9.70. The van der Waals surface area contributed by atoms with Crippen molar-refractivity contribution < 1.29 is 0 Å². The molecule has 0 bridgehead atoms. The van der Waals surface area contributed by atoms with Crippen molar-refractivity contribution in [2.45, 2.75) is 0 Å². The van der Waals surface area contributed by atoms with E-state index in [9.17, 15) is 0 Å². The smallest absolute Gasteiger partial charge is 0.114 e. The molecule has 0 radical (unpaired) electrons. The lowest BCUT2D eigenvalue weighted by molar-refractivity contribution is 0.771. The molecule has 4 nitrogen and oxygen atoms in total. The fourth-order valence-electron chi connectivity index (χ4n) is 7.58. The van der Waals surface area contributed by atoms with E-state index in [1.807, 2.05) is 12.3 Å². The van der Waals surface area contributed by atoms with Crippen LogP contribution in [-0.2, 0) is 0 Å². The lowest BCUT2D eigenvalue weighted by Gasteiger charge is -2.18. The summed E-state index contributed by atoms with van der Waals surface area (Å²) >= 11 is 0. The first-order chi connectivity index (χ1) is 24.3. The lowest BCUT2D eigenvalue weighted by atomic mass is 9.85. The van der Waals surface area contributed by atoms with E-state index in [1.165, 1.54) is 49.0 Å². The van der Waals surface area contributed by atoms with Gasteiger partial charge in [-0.3, -0.25) is 4.98 Å². The van der Waals surface area contributed by atoms with Crippen LogP contribution in [0.25, 0.3) is 93.2 Å². The van der Waals surface area contributed by atoms with Crippen LogP contribution >= 0.6 is 0 Å². The molecular formula is C45H28N4. The van der Waals surface area contributed by atoms with Crippen molar-refractivity contribution in [2.24, 2.45) is 0 Å². The second-order valence-electron chi connectivity index (χ2n) is 12.5. The fourth-order valence-corrected chi connectivity index (χ4v) is 7.58. The molecule has 0 saturated carbocycles. The molecule has 0 aliphatic rings. The lowest BCUT2D eigenvalue weighted by Crippen LogP contribution is -2.00. The number of hydrogen-bond donors (Lipinski definition) is 0. The number of nitrogens with zero attached hydrogens (tertiary/aromatic N) is 4. The van der Waals surface area contributed by atoms with Crippen LogP contribution in [0.5, 0.6) is 0 Å². The first kappa shape index (κ1) is 27.5. The number of fused-ring (bicyclic) bond motifs is 5. The van der Waals surface area contributed by atoms with Gasteiger partial charge in [0.2, 0.25) is 0 Å². The Bertz CT molecular complexity index is 2820. The van der Waals surface area contributed by atoms with Crippen molar-refractivity contribution >= 4 is 54.1 Å².